The zero-order chi connectivity index (χ0) is 29.9. The number of nitrogens with zero attached hydrogens (tertiary/aromatic N) is 1. The number of amides is 3. The first-order chi connectivity index (χ1) is 19.5. The SMILES string of the molecule is CC(C)(CCCNC(=O)OCC1C2CCC#CCCC21)OCCC(C)(C)SSCCOC(=O)ON1C(=O)CCC1=O. The molecule has 0 aromatic carbocycles. The van der Waals surface area contributed by atoms with Gasteiger partial charge in [0, 0.05) is 49.3 Å². The molecule has 3 rings (SSSR count). The van der Waals surface area contributed by atoms with Crippen molar-refractivity contribution in [2.24, 2.45) is 17.8 Å². The van der Waals surface area contributed by atoms with Gasteiger partial charge in [0.25, 0.3) is 11.8 Å². The second-order valence-electron chi connectivity index (χ2n) is 11.8. The van der Waals surface area contributed by atoms with Gasteiger partial charge in [0.2, 0.25) is 0 Å². The Labute approximate surface area is 251 Å². The summed E-state index contributed by atoms with van der Waals surface area (Å²) in [7, 11) is 3.24. The van der Waals surface area contributed by atoms with E-state index in [-0.39, 0.29) is 35.9 Å². The Morgan fingerprint density at radius 2 is 1.63 bits per heavy atom. The van der Waals surface area contributed by atoms with Gasteiger partial charge in [-0.1, -0.05) is 26.7 Å². The molecular weight excluding hydrogens is 568 g/mol. The average molecular weight is 613 g/mol. The summed E-state index contributed by atoms with van der Waals surface area (Å²) in [6.45, 7) is 10.1. The maximum Gasteiger partial charge on any atom is 0.533 e. The van der Waals surface area contributed by atoms with E-state index < -0.39 is 18.0 Å². The lowest BCUT2D eigenvalue weighted by atomic mass is 10.0. The van der Waals surface area contributed by atoms with Crippen molar-refractivity contribution >= 4 is 45.7 Å². The van der Waals surface area contributed by atoms with Crippen LogP contribution in [-0.4, -0.2) is 71.6 Å². The number of alkyl carbamates (subject to hydrolysis) is 1. The first kappa shape index (κ1) is 33.4. The van der Waals surface area contributed by atoms with Crippen molar-refractivity contribution in [2.45, 2.75) is 95.8 Å². The van der Waals surface area contributed by atoms with Gasteiger partial charge in [0.1, 0.15) is 6.61 Å². The van der Waals surface area contributed by atoms with Gasteiger partial charge in [-0.3, -0.25) is 14.4 Å². The van der Waals surface area contributed by atoms with E-state index in [9.17, 15) is 19.2 Å². The number of rotatable bonds is 16. The minimum atomic E-state index is -1.06. The maximum atomic E-state index is 12.1. The van der Waals surface area contributed by atoms with Gasteiger partial charge in [-0.15, -0.1) is 11.8 Å². The Kier molecular flexibility index (Phi) is 13.0. The molecule has 1 aliphatic heterocycles. The van der Waals surface area contributed by atoms with Crippen molar-refractivity contribution in [2.75, 3.05) is 32.1 Å². The van der Waals surface area contributed by atoms with Gasteiger partial charge in [-0.2, -0.15) is 0 Å². The number of carbonyl (C=O) groups excluding carboxylic acids is 4. The highest BCUT2D eigenvalue weighted by Gasteiger charge is 2.49. The third-order valence-electron chi connectivity index (χ3n) is 7.51. The number of carbonyl (C=O) groups is 4. The van der Waals surface area contributed by atoms with Crippen LogP contribution >= 0.6 is 21.6 Å². The van der Waals surface area contributed by atoms with Gasteiger partial charge >= 0.3 is 12.2 Å². The number of fused-ring (bicyclic) bond motifs is 1. The molecule has 0 radical (unpaired) electrons. The van der Waals surface area contributed by atoms with E-state index in [1.165, 1.54) is 0 Å². The fourth-order valence-electron chi connectivity index (χ4n) is 5.02. The molecule has 41 heavy (non-hydrogen) atoms. The molecule has 3 aliphatic rings. The summed E-state index contributed by atoms with van der Waals surface area (Å²) in [5.74, 6) is 7.70. The van der Waals surface area contributed by atoms with Gasteiger partial charge < -0.3 is 19.5 Å². The summed E-state index contributed by atoms with van der Waals surface area (Å²) >= 11 is 0. The summed E-state index contributed by atoms with van der Waals surface area (Å²) in [4.78, 5) is 51.4. The van der Waals surface area contributed by atoms with Crippen LogP contribution in [0.5, 0.6) is 0 Å². The van der Waals surface area contributed by atoms with Crippen LogP contribution < -0.4 is 5.32 Å². The molecule has 1 N–H and O–H groups in total. The summed E-state index contributed by atoms with van der Waals surface area (Å²) in [5.41, 5.74) is -0.311. The van der Waals surface area contributed by atoms with Crippen LogP contribution in [0.3, 0.4) is 0 Å². The van der Waals surface area contributed by atoms with Crippen molar-refractivity contribution in [1.29, 1.82) is 0 Å². The molecule has 2 aliphatic carbocycles. The molecule has 0 spiro atoms. The molecule has 1 heterocycles. The van der Waals surface area contributed by atoms with Gasteiger partial charge in [0.15, 0.2) is 0 Å². The number of ether oxygens (including phenoxy) is 3. The summed E-state index contributed by atoms with van der Waals surface area (Å²) in [5, 5.41) is 3.34. The highest BCUT2D eigenvalue weighted by atomic mass is 33.1. The molecule has 0 bridgehead atoms. The fourth-order valence-corrected chi connectivity index (χ4v) is 7.40. The Bertz CT molecular complexity index is 959. The first-order valence-corrected chi connectivity index (χ1v) is 16.8. The molecule has 2 unspecified atom stereocenters. The number of hydrogen-bond acceptors (Lipinski definition) is 10. The molecule has 10 nitrogen and oxygen atoms in total. The van der Waals surface area contributed by atoms with Gasteiger partial charge in [-0.25, -0.2) is 9.59 Å². The normalized spacial score (nSPS) is 22.1. The van der Waals surface area contributed by atoms with Gasteiger partial charge in [-0.05, 0) is 77.6 Å². The second-order valence-corrected chi connectivity index (χ2v) is 15.0. The predicted octanol–water partition coefficient (Wildman–Crippen LogP) is 5.49. The standard InChI is InChI=1S/C29H44N2O8S2/c1-28(2,14-9-16-30-26(34)37-20-23-21-10-7-5-6-8-11-22(21)23)38-17-15-29(3,4)41-40-19-18-36-27(35)39-31-24(32)12-13-25(31)33/h21-23H,7-20H2,1-4H3,(H,30,34). The van der Waals surface area contributed by atoms with Crippen molar-refractivity contribution in [3.05, 3.63) is 0 Å². The largest absolute Gasteiger partial charge is 0.533 e. The van der Waals surface area contributed by atoms with E-state index >= 15 is 0 Å². The van der Waals surface area contributed by atoms with Crippen molar-refractivity contribution in [3.63, 3.8) is 0 Å². The van der Waals surface area contributed by atoms with E-state index in [2.05, 4.69) is 49.7 Å². The minimum Gasteiger partial charge on any atom is -0.449 e. The van der Waals surface area contributed by atoms with Crippen LogP contribution in [0, 0.1) is 29.6 Å². The Morgan fingerprint density at radius 1 is 0.976 bits per heavy atom. The number of nitrogens with one attached hydrogen (secondary N) is 1. The van der Waals surface area contributed by atoms with E-state index in [0.29, 0.717) is 48.3 Å². The van der Waals surface area contributed by atoms with Crippen molar-refractivity contribution in [3.8, 4) is 11.8 Å². The minimum absolute atomic E-state index is 0.0420. The Balaban J connectivity index is 1.17. The van der Waals surface area contributed by atoms with Crippen molar-refractivity contribution < 1.29 is 38.2 Å². The lowest BCUT2D eigenvalue weighted by molar-refractivity contribution is -0.176. The van der Waals surface area contributed by atoms with E-state index in [1.54, 1.807) is 21.6 Å². The predicted molar refractivity (Wildman–Crippen MR) is 158 cm³/mol. The zero-order valence-corrected chi connectivity index (χ0v) is 26.3. The molecule has 2 atom stereocenters. The smallest absolute Gasteiger partial charge is 0.449 e. The molecule has 2 fully saturated rings. The van der Waals surface area contributed by atoms with Crippen LogP contribution in [-0.2, 0) is 28.6 Å². The van der Waals surface area contributed by atoms with E-state index in [4.69, 9.17) is 14.2 Å². The number of hydrogen-bond donors (Lipinski definition) is 1. The third kappa shape index (κ3) is 12.0. The zero-order valence-electron chi connectivity index (χ0n) is 24.7. The first-order valence-electron chi connectivity index (χ1n) is 14.5. The monoisotopic (exact) mass is 612 g/mol. The fraction of sp³-hybridized carbons (Fsp3) is 0.793. The highest BCUT2D eigenvalue weighted by molar-refractivity contribution is 8.77. The topological polar surface area (TPSA) is 120 Å². The van der Waals surface area contributed by atoms with Crippen LogP contribution in [0.25, 0.3) is 0 Å². The summed E-state index contributed by atoms with van der Waals surface area (Å²) < 4.78 is 16.5. The lowest BCUT2D eigenvalue weighted by Crippen LogP contribution is -2.32. The van der Waals surface area contributed by atoms with Crippen LogP contribution in [0.2, 0.25) is 0 Å². The average Bonchev–Trinajstić information content (AvgIpc) is 3.43. The summed E-state index contributed by atoms with van der Waals surface area (Å²) in [6.07, 6.45) is 5.29. The van der Waals surface area contributed by atoms with Crippen LogP contribution in [0.15, 0.2) is 0 Å². The third-order valence-corrected chi connectivity index (χ3v) is 10.8. The van der Waals surface area contributed by atoms with E-state index in [0.717, 1.165) is 44.9 Å². The quantitative estimate of drug-likeness (QED) is 0.0787. The van der Waals surface area contributed by atoms with E-state index in [1.807, 2.05) is 0 Å². The molecule has 0 aromatic heterocycles. The number of hydroxylamine groups is 2. The molecule has 12 heteroatoms. The molecule has 230 valence electrons. The second kappa shape index (κ2) is 15.9. The maximum absolute atomic E-state index is 12.1. The van der Waals surface area contributed by atoms with Crippen molar-refractivity contribution in [1.82, 2.24) is 10.4 Å². The van der Waals surface area contributed by atoms with Gasteiger partial charge in [0.05, 0.1) is 12.2 Å². The Morgan fingerprint density at radius 3 is 2.29 bits per heavy atom. The molecule has 3 amide bonds. The number of imide groups is 1. The van der Waals surface area contributed by atoms with Crippen LogP contribution in [0.1, 0.15) is 85.5 Å². The highest BCUT2D eigenvalue weighted by Crippen LogP contribution is 2.52. The Hall–Kier alpha value is -2.10. The summed E-state index contributed by atoms with van der Waals surface area (Å²) in [6, 6.07) is 0. The van der Waals surface area contributed by atoms with Crippen LogP contribution in [0.4, 0.5) is 9.59 Å². The molecule has 1 saturated carbocycles. The lowest BCUT2D eigenvalue weighted by Gasteiger charge is -2.29. The molecule has 1 saturated heterocycles. The molecule has 0 aromatic rings. The molecular formula is C29H44N2O8S2.